The van der Waals surface area contributed by atoms with Gasteiger partial charge in [-0.05, 0) is 36.6 Å². The van der Waals surface area contributed by atoms with Crippen LogP contribution < -0.4 is 10.6 Å². The molecule has 0 aliphatic carbocycles. The summed E-state index contributed by atoms with van der Waals surface area (Å²) in [4.78, 5) is 24.0. The number of amides is 1. The van der Waals surface area contributed by atoms with E-state index >= 15 is 0 Å². The molecule has 0 radical (unpaired) electrons. The molecule has 0 saturated carbocycles. The molecular formula is C20H24N2O3. The van der Waals surface area contributed by atoms with Crippen LogP contribution in [-0.2, 0) is 9.53 Å². The van der Waals surface area contributed by atoms with Crippen molar-refractivity contribution in [3.05, 3.63) is 60.2 Å². The summed E-state index contributed by atoms with van der Waals surface area (Å²) in [5.41, 5.74) is 1.90. The van der Waals surface area contributed by atoms with Crippen LogP contribution in [0.25, 0.3) is 0 Å². The molecule has 2 rings (SSSR count). The van der Waals surface area contributed by atoms with E-state index in [1.165, 1.54) is 0 Å². The van der Waals surface area contributed by atoms with E-state index in [2.05, 4.69) is 24.5 Å². The van der Waals surface area contributed by atoms with Gasteiger partial charge in [-0.3, -0.25) is 4.79 Å². The second-order valence-electron chi connectivity index (χ2n) is 6.15. The van der Waals surface area contributed by atoms with Gasteiger partial charge in [-0.15, -0.1) is 0 Å². The van der Waals surface area contributed by atoms with E-state index in [0.29, 0.717) is 23.7 Å². The highest BCUT2D eigenvalue weighted by atomic mass is 16.5. The van der Waals surface area contributed by atoms with Crippen molar-refractivity contribution < 1.29 is 14.3 Å². The molecule has 2 N–H and O–H groups in total. The van der Waals surface area contributed by atoms with Crippen LogP contribution in [-0.4, -0.2) is 25.0 Å². The Labute approximate surface area is 148 Å². The first kappa shape index (κ1) is 18.5. The molecule has 5 heteroatoms. The van der Waals surface area contributed by atoms with Gasteiger partial charge in [0.15, 0.2) is 6.61 Å². The minimum absolute atomic E-state index is 0.281. The monoisotopic (exact) mass is 340 g/mol. The number of benzene rings is 2. The van der Waals surface area contributed by atoms with Crippen LogP contribution >= 0.6 is 0 Å². The van der Waals surface area contributed by atoms with Crippen molar-refractivity contribution >= 4 is 23.3 Å². The van der Waals surface area contributed by atoms with E-state index < -0.39 is 5.97 Å². The smallest absolute Gasteiger partial charge is 0.340 e. The summed E-state index contributed by atoms with van der Waals surface area (Å²) in [6.45, 7) is 4.47. The molecule has 2 aromatic carbocycles. The highest BCUT2D eigenvalue weighted by molar-refractivity contribution is 5.97. The number of hydrogen-bond acceptors (Lipinski definition) is 4. The Morgan fingerprint density at radius 3 is 2.40 bits per heavy atom. The first-order valence-electron chi connectivity index (χ1n) is 8.41. The Balaban J connectivity index is 1.92. The fourth-order valence-electron chi connectivity index (χ4n) is 2.21. The number of esters is 1. The fourth-order valence-corrected chi connectivity index (χ4v) is 2.21. The number of anilines is 2. The van der Waals surface area contributed by atoms with Crippen molar-refractivity contribution in [3.63, 3.8) is 0 Å². The predicted octanol–water partition coefficient (Wildman–Crippen LogP) is 3.75. The average molecular weight is 340 g/mol. The Hall–Kier alpha value is -2.82. The van der Waals surface area contributed by atoms with Gasteiger partial charge in [-0.2, -0.15) is 0 Å². The molecule has 0 saturated heterocycles. The van der Waals surface area contributed by atoms with Crippen LogP contribution in [0.4, 0.5) is 11.4 Å². The number of rotatable bonds is 8. The van der Waals surface area contributed by atoms with Crippen molar-refractivity contribution in [2.24, 2.45) is 5.92 Å². The molecule has 2 aromatic rings. The van der Waals surface area contributed by atoms with Crippen molar-refractivity contribution in [1.82, 2.24) is 5.32 Å². The van der Waals surface area contributed by atoms with Crippen molar-refractivity contribution in [2.75, 3.05) is 18.5 Å². The van der Waals surface area contributed by atoms with Crippen LogP contribution in [0.3, 0.4) is 0 Å². The summed E-state index contributed by atoms with van der Waals surface area (Å²) in [5.74, 6) is -0.306. The van der Waals surface area contributed by atoms with Gasteiger partial charge in [0, 0.05) is 12.2 Å². The van der Waals surface area contributed by atoms with Gasteiger partial charge in [0.25, 0.3) is 5.91 Å². The standard InChI is InChI=1S/C20H24N2O3/c1-15(2)12-13-21-19(23)14-25-20(24)17-10-6-7-11-18(17)22-16-8-4-3-5-9-16/h3-11,15,22H,12-14H2,1-2H3,(H,21,23). The molecule has 0 spiro atoms. The Kier molecular flexibility index (Phi) is 7.01. The summed E-state index contributed by atoms with van der Waals surface area (Å²) in [6.07, 6.45) is 0.892. The van der Waals surface area contributed by atoms with Gasteiger partial charge < -0.3 is 15.4 Å². The maximum absolute atomic E-state index is 12.3. The predicted molar refractivity (Wildman–Crippen MR) is 98.9 cm³/mol. The minimum atomic E-state index is -0.530. The number of carbonyl (C=O) groups excluding carboxylic acids is 2. The maximum atomic E-state index is 12.3. The van der Waals surface area contributed by atoms with Crippen molar-refractivity contribution in [1.29, 1.82) is 0 Å². The summed E-state index contributed by atoms with van der Waals surface area (Å²) < 4.78 is 5.13. The number of carbonyl (C=O) groups is 2. The number of ether oxygens (including phenoxy) is 1. The Bertz CT molecular complexity index is 699. The number of para-hydroxylation sites is 2. The molecule has 0 fully saturated rings. The quantitative estimate of drug-likeness (QED) is 0.718. The van der Waals surface area contributed by atoms with Gasteiger partial charge in [-0.25, -0.2) is 4.79 Å². The van der Waals surface area contributed by atoms with E-state index in [0.717, 1.165) is 12.1 Å². The first-order valence-corrected chi connectivity index (χ1v) is 8.41. The highest BCUT2D eigenvalue weighted by Crippen LogP contribution is 2.21. The summed E-state index contributed by atoms with van der Waals surface area (Å²) in [7, 11) is 0. The molecule has 1 amide bonds. The van der Waals surface area contributed by atoms with Crippen LogP contribution in [0.5, 0.6) is 0 Å². The molecule has 0 aromatic heterocycles. The molecule has 132 valence electrons. The zero-order chi connectivity index (χ0) is 18.1. The molecule has 5 nitrogen and oxygen atoms in total. The summed E-state index contributed by atoms with van der Waals surface area (Å²) in [5, 5.41) is 5.93. The third-order valence-electron chi connectivity index (χ3n) is 3.58. The van der Waals surface area contributed by atoms with Gasteiger partial charge in [0.1, 0.15) is 0 Å². The van der Waals surface area contributed by atoms with Gasteiger partial charge in [0.2, 0.25) is 0 Å². The lowest BCUT2D eigenvalue weighted by molar-refractivity contribution is -0.124. The van der Waals surface area contributed by atoms with E-state index in [-0.39, 0.29) is 12.5 Å². The normalized spacial score (nSPS) is 10.4. The van der Waals surface area contributed by atoms with Crippen LogP contribution in [0.15, 0.2) is 54.6 Å². The SMILES string of the molecule is CC(C)CCNC(=O)COC(=O)c1ccccc1Nc1ccccc1. The van der Waals surface area contributed by atoms with Crippen LogP contribution in [0, 0.1) is 5.92 Å². The van der Waals surface area contributed by atoms with Gasteiger partial charge in [-0.1, -0.05) is 44.2 Å². The lowest BCUT2D eigenvalue weighted by Gasteiger charge is -2.12. The maximum Gasteiger partial charge on any atom is 0.340 e. The average Bonchev–Trinajstić information content (AvgIpc) is 2.61. The third kappa shape index (κ3) is 6.30. The van der Waals surface area contributed by atoms with Crippen LogP contribution in [0.2, 0.25) is 0 Å². The third-order valence-corrected chi connectivity index (χ3v) is 3.58. The highest BCUT2D eigenvalue weighted by Gasteiger charge is 2.14. The lowest BCUT2D eigenvalue weighted by atomic mass is 10.1. The zero-order valence-corrected chi connectivity index (χ0v) is 14.6. The van der Waals surface area contributed by atoms with Crippen molar-refractivity contribution in [3.8, 4) is 0 Å². The van der Waals surface area contributed by atoms with E-state index in [1.807, 2.05) is 36.4 Å². The van der Waals surface area contributed by atoms with E-state index in [1.54, 1.807) is 18.2 Å². The van der Waals surface area contributed by atoms with E-state index in [9.17, 15) is 9.59 Å². The Morgan fingerprint density at radius 1 is 1.00 bits per heavy atom. The number of hydrogen-bond donors (Lipinski definition) is 2. The topological polar surface area (TPSA) is 67.4 Å². The summed E-state index contributed by atoms with van der Waals surface area (Å²) >= 11 is 0. The molecule has 25 heavy (non-hydrogen) atoms. The molecular weight excluding hydrogens is 316 g/mol. The second-order valence-corrected chi connectivity index (χ2v) is 6.15. The zero-order valence-electron chi connectivity index (χ0n) is 14.6. The largest absolute Gasteiger partial charge is 0.452 e. The van der Waals surface area contributed by atoms with Crippen molar-refractivity contribution in [2.45, 2.75) is 20.3 Å². The van der Waals surface area contributed by atoms with Gasteiger partial charge in [0.05, 0.1) is 11.3 Å². The Morgan fingerprint density at radius 2 is 1.68 bits per heavy atom. The van der Waals surface area contributed by atoms with E-state index in [4.69, 9.17) is 4.74 Å². The molecule has 0 heterocycles. The minimum Gasteiger partial charge on any atom is -0.452 e. The second kappa shape index (κ2) is 9.47. The lowest BCUT2D eigenvalue weighted by Crippen LogP contribution is -2.30. The molecule has 0 atom stereocenters. The summed E-state index contributed by atoms with van der Waals surface area (Å²) in [6, 6.07) is 16.6. The van der Waals surface area contributed by atoms with Gasteiger partial charge >= 0.3 is 5.97 Å². The van der Waals surface area contributed by atoms with Crippen LogP contribution in [0.1, 0.15) is 30.6 Å². The molecule has 0 unspecified atom stereocenters. The first-order chi connectivity index (χ1) is 12.1. The fraction of sp³-hybridized carbons (Fsp3) is 0.300. The molecule has 0 aliphatic rings. The molecule has 0 aliphatic heterocycles. The number of nitrogens with one attached hydrogen (secondary N) is 2. The molecule has 0 bridgehead atoms.